The van der Waals surface area contributed by atoms with Gasteiger partial charge in [-0.1, -0.05) is 18.2 Å². The molecule has 0 radical (unpaired) electrons. The molecule has 84 valence electrons. The van der Waals surface area contributed by atoms with Gasteiger partial charge in [0, 0.05) is 23.3 Å². The Morgan fingerprint density at radius 2 is 2.20 bits per heavy atom. The average molecular weight is 319 g/mol. The smallest absolute Gasteiger partial charge is 0.0462 e. The van der Waals surface area contributed by atoms with Crippen LogP contribution in [0.5, 0.6) is 0 Å². The lowest BCUT2D eigenvalue weighted by molar-refractivity contribution is 0.190. The maximum atomic E-state index is 6.15. The molecule has 0 aliphatic carbocycles. The van der Waals surface area contributed by atoms with Gasteiger partial charge in [-0.3, -0.25) is 0 Å². The van der Waals surface area contributed by atoms with Crippen molar-refractivity contribution in [2.45, 2.75) is 25.8 Å². The third kappa shape index (κ3) is 3.74. The summed E-state index contributed by atoms with van der Waals surface area (Å²) in [5, 5.41) is 0. The number of aryl methyl sites for hydroxylation is 1. The van der Waals surface area contributed by atoms with Crippen LogP contribution in [0.25, 0.3) is 0 Å². The summed E-state index contributed by atoms with van der Waals surface area (Å²) in [4.78, 5) is 0. The van der Waals surface area contributed by atoms with E-state index in [1.807, 2.05) is 0 Å². The van der Waals surface area contributed by atoms with E-state index in [1.54, 1.807) is 7.11 Å². The number of benzene rings is 1. The normalized spacial score (nSPS) is 12.8. The third-order valence-corrected chi connectivity index (χ3v) is 3.96. The molecule has 0 bridgehead atoms. The molecule has 0 fully saturated rings. The second kappa shape index (κ2) is 6.45. The highest BCUT2D eigenvalue weighted by molar-refractivity contribution is 14.1. The van der Waals surface area contributed by atoms with Crippen LogP contribution in [-0.4, -0.2) is 13.7 Å². The summed E-state index contributed by atoms with van der Waals surface area (Å²) >= 11 is 2.37. The predicted octanol–water partition coefficient (Wildman–Crippen LogP) is 3.03. The minimum absolute atomic E-state index is 0.131. The van der Waals surface area contributed by atoms with Crippen LogP contribution in [0.3, 0.4) is 0 Å². The predicted molar refractivity (Wildman–Crippen MR) is 71.9 cm³/mol. The highest BCUT2D eigenvalue weighted by atomic mass is 127. The van der Waals surface area contributed by atoms with Gasteiger partial charge in [0.1, 0.15) is 0 Å². The first-order valence-corrected chi connectivity index (χ1v) is 6.24. The van der Waals surface area contributed by atoms with Gasteiger partial charge in [-0.2, -0.15) is 0 Å². The molecule has 0 saturated carbocycles. The molecule has 2 N–H and O–H groups in total. The quantitative estimate of drug-likeness (QED) is 0.669. The van der Waals surface area contributed by atoms with E-state index in [0.717, 1.165) is 19.4 Å². The molecule has 2 nitrogen and oxygen atoms in total. The molecular formula is C12H18INO. The van der Waals surface area contributed by atoms with Crippen molar-refractivity contribution in [1.82, 2.24) is 0 Å². The van der Waals surface area contributed by atoms with Gasteiger partial charge in [-0.15, -0.1) is 0 Å². The minimum atomic E-state index is 0.131. The maximum absolute atomic E-state index is 6.15. The Hall–Kier alpha value is -0.130. The molecule has 0 saturated heterocycles. The molecule has 1 aromatic carbocycles. The number of hydrogen-bond donors (Lipinski definition) is 1. The van der Waals surface area contributed by atoms with E-state index >= 15 is 0 Å². The first-order valence-electron chi connectivity index (χ1n) is 5.16. The van der Waals surface area contributed by atoms with Crippen molar-refractivity contribution in [3.63, 3.8) is 0 Å². The fraction of sp³-hybridized carbons (Fsp3) is 0.500. The van der Waals surface area contributed by atoms with Gasteiger partial charge in [0.15, 0.2) is 0 Å². The SMILES string of the molecule is COCCCC(N)c1cccc(C)c1I. The average Bonchev–Trinajstić information content (AvgIpc) is 2.22. The molecule has 0 heterocycles. The summed E-state index contributed by atoms with van der Waals surface area (Å²) < 4.78 is 6.32. The van der Waals surface area contributed by atoms with Crippen LogP contribution in [0.1, 0.15) is 30.0 Å². The lowest BCUT2D eigenvalue weighted by atomic mass is 10.0. The molecule has 1 rings (SSSR count). The van der Waals surface area contributed by atoms with Gasteiger partial charge in [0.2, 0.25) is 0 Å². The number of methoxy groups -OCH3 is 1. The molecule has 15 heavy (non-hydrogen) atoms. The van der Waals surface area contributed by atoms with Crippen molar-refractivity contribution in [2.24, 2.45) is 5.73 Å². The van der Waals surface area contributed by atoms with Crippen LogP contribution in [0, 0.1) is 10.5 Å². The summed E-state index contributed by atoms with van der Waals surface area (Å²) in [6.45, 7) is 2.91. The largest absolute Gasteiger partial charge is 0.385 e. The molecule has 0 amide bonds. The van der Waals surface area contributed by atoms with E-state index in [0.29, 0.717) is 0 Å². The molecule has 0 aromatic heterocycles. The number of nitrogens with two attached hydrogens (primary N) is 1. The van der Waals surface area contributed by atoms with E-state index in [-0.39, 0.29) is 6.04 Å². The van der Waals surface area contributed by atoms with E-state index < -0.39 is 0 Å². The number of hydrogen-bond acceptors (Lipinski definition) is 2. The number of rotatable bonds is 5. The molecule has 1 atom stereocenters. The standard InChI is InChI=1S/C12H18INO/c1-9-5-3-6-10(12(9)13)11(14)7-4-8-15-2/h3,5-6,11H,4,7-8,14H2,1-2H3. The summed E-state index contributed by atoms with van der Waals surface area (Å²) in [6.07, 6.45) is 2.00. The fourth-order valence-corrected chi connectivity index (χ4v) is 2.32. The zero-order valence-electron chi connectivity index (χ0n) is 9.29. The van der Waals surface area contributed by atoms with Crippen LogP contribution >= 0.6 is 22.6 Å². The highest BCUT2D eigenvalue weighted by Gasteiger charge is 2.10. The lowest BCUT2D eigenvalue weighted by Gasteiger charge is -2.14. The zero-order valence-corrected chi connectivity index (χ0v) is 11.5. The Morgan fingerprint density at radius 3 is 2.87 bits per heavy atom. The first kappa shape index (κ1) is 12.9. The summed E-state index contributed by atoms with van der Waals surface area (Å²) in [7, 11) is 1.72. The van der Waals surface area contributed by atoms with Crippen LogP contribution in [0.4, 0.5) is 0 Å². The second-order valence-electron chi connectivity index (χ2n) is 3.72. The molecule has 3 heteroatoms. The van der Waals surface area contributed by atoms with Gasteiger partial charge >= 0.3 is 0 Å². The Bertz CT molecular complexity index is 314. The molecule has 1 aromatic rings. The van der Waals surface area contributed by atoms with Gasteiger partial charge in [-0.25, -0.2) is 0 Å². The van der Waals surface area contributed by atoms with Crippen LogP contribution in [0.15, 0.2) is 18.2 Å². The number of halogens is 1. The van der Waals surface area contributed by atoms with Crippen LogP contribution in [-0.2, 0) is 4.74 Å². The summed E-state index contributed by atoms with van der Waals surface area (Å²) in [5.41, 5.74) is 8.70. The summed E-state index contributed by atoms with van der Waals surface area (Å²) in [5.74, 6) is 0. The van der Waals surface area contributed by atoms with Gasteiger partial charge in [0.25, 0.3) is 0 Å². The highest BCUT2D eigenvalue weighted by Crippen LogP contribution is 2.24. The topological polar surface area (TPSA) is 35.2 Å². The number of ether oxygens (including phenoxy) is 1. The van der Waals surface area contributed by atoms with E-state index in [2.05, 4.69) is 47.7 Å². The fourth-order valence-electron chi connectivity index (χ4n) is 1.56. The molecule has 0 aliphatic heterocycles. The maximum Gasteiger partial charge on any atom is 0.0462 e. The Balaban J connectivity index is 2.65. The van der Waals surface area contributed by atoms with Crippen molar-refractivity contribution in [3.8, 4) is 0 Å². The third-order valence-electron chi connectivity index (χ3n) is 2.48. The zero-order chi connectivity index (χ0) is 11.3. The molecule has 1 unspecified atom stereocenters. The second-order valence-corrected chi connectivity index (χ2v) is 4.80. The van der Waals surface area contributed by atoms with Gasteiger partial charge in [0.05, 0.1) is 0 Å². The van der Waals surface area contributed by atoms with Crippen LogP contribution in [0.2, 0.25) is 0 Å². The minimum Gasteiger partial charge on any atom is -0.385 e. The van der Waals surface area contributed by atoms with E-state index in [4.69, 9.17) is 10.5 Å². The van der Waals surface area contributed by atoms with Crippen molar-refractivity contribution in [2.75, 3.05) is 13.7 Å². The summed E-state index contributed by atoms with van der Waals surface area (Å²) in [6, 6.07) is 6.44. The van der Waals surface area contributed by atoms with E-state index in [9.17, 15) is 0 Å². The Morgan fingerprint density at radius 1 is 1.47 bits per heavy atom. The molecular weight excluding hydrogens is 301 g/mol. The van der Waals surface area contributed by atoms with Crippen molar-refractivity contribution < 1.29 is 4.74 Å². The van der Waals surface area contributed by atoms with Crippen molar-refractivity contribution in [1.29, 1.82) is 0 Å². The molecule has 0 spiro atoms. The lowest BCUT2D eigenvalue weighted by Crippen LogP contribution is -2.13. The van der Waals surface area contributed by atoms with Gasteiger partial charge < -0.3 is 10.5 Å². The van der Waals surface area contributed by atoms with Crippen molar-refractivity contribution in [3.05, 3.63) is 32.9 Å². The first-order chi connectivity index (χ1) is 7.16. The van der Waals surface area contributed by atoms with Gasteiger partial charge in [-0.05, 0) is 53.5 Å². The van der Waals surface area contributed by atoms with Crippen LogP contribution < -0.4 is 5.73 Å². The van der Waals surface area contributed by atoms with Crippen molar-refractivity contribution >= 4 is 22.6 Å². The Labute approximate surface area is 105 Å². The van der Waals surface area contributed by atoms with E-state index in [1.165, 1.54) is 14.7 Å². The Kier molecular flexibility index (Phi) is 5.56. The molecule has 0 aliphatic rings. The monoisotopic (exact) mass is 319 g/mol.